The summed E-state index contributed by atoms with van der Waals surface area (Å²) in [4.78, 5) is 12.6. The number of nitrogens with one attached hydrogen (secondary N) is 2. The van der Waals surface area contributed by atoms with Crippen LogP contribution in [0.4, 0.5) is 0 Å². The number of amidine groups is 1. The first-order valence-corrected chi connectivity index (χ1v) is 10.9. The van der Waals surface area contributed by atoms with E-state index in [0.717, 1.165) is 45.8 Å². The van der Waals surface area contributed by atoms with Gasteiger partial charge in [0, 0.05) is 21.7 Å². The van der Waals surface area contributed by atoms with Gasteiger partial charge in [0.25, 0.3) is 0 Å². The Balaban J connectivity index is 1.53. The molecule has 6 nitrogen and oxygen atoms in total. The molecule has 0 aliphatic carbocycles. The van der Waals surface area contributed by atoms with Gasteiger partial charge in [-0.25, -0.2) is 0 Å². The number of nitrogen functional groups attached to an aromatic ring is 1. The number of carboxylic acids is 1. The van der Waals surface area contributed by atoms with E-state index < -0.39 is 5.97 Å². The lowest BCUT2D eigenvalue weighted by Gasteiger charge is -2.17. The Labute approximate surface area is 179 Å². The van der Waals surface area contributed by atoms with Gasteiger partial charge in [0.05, 0.1) is 6.42 Å². The third kappa shape index (κ3) is 4.80. The van der Waals surface area contributed by atoms with Crippen LogP contribution in [-0.2, 0) is 11.2 Å². The van der Waals surface area contributed by atoms with Crippen molar-refractivity contribution in [1.29, 1.82) is 5.41 Å². The molecule has 1 fully saturated rings. The number of fused-ring (bicyclic) bond motifs is 1. The second-order valence-electron chi connectivity index (χ2n) is 7.68. The summed E-state index contributed by atoms with van der Waals surface area (Å²) in [5.41, 5.74) is 7.29. The molecule has 1 unspecified atom stereocenters. The summed E-state index contributed by atoms with van der Waals surface area (Å²) in [7, 11) is 0. The summed E-state index contributed by atoms with van der Waals surface area (Å²) in [6, 6.07) is 15.6. The SMILES string of the molecule is N=C(N)c1ccc2sc(CC(CC(=O)O)c3ccc(O[C@H]4CCNC4)cc3)cc2c1. The zero-order valence-corrected chi connectivity index (χ0v) is 17.4. The molecule has 2 aromatic carbocycles. The molecule has 2 atom stereocenters. The molecule has 0 saturated carbocycles. The van der Waals surface area contributed by atoms with E-state index in [9.17, 15) is 9.90 Å². The molecule has 0 spiro atoms. The molecule has 7 heteroatoms. The van der Waals surface area contributed by atoms with E-state index in [4.69, 9.17) is 15.9 Å². The number of rotatable bonds is 8. The van der Waals surface area contributed by atoms with Crippen molar-refractivity contribution in [3.8, 4) is 5.75 Å². The fourth-order valence-corrected chi connectivity index (χ4v) is 4.99. The van der Waals surface area contributed by atoms with Gasteiger partial charge in [-0.1, -0.05) is 12.1 Å². The number of nitrogens with two attached hydrogens (primary N) is 1. The standard InChI is InChI=1S/C23H25N3O3S/c24-23(25)15-3-6-21-17(9-15)11-20(30-21)10-16(12-22(27)28)14-1-4-18(5-2-14)29-19-7-8-26-13-19/h1-6,9,11,16,19,26H,7-8,10,12-13H2,(H3,24,25)(H,27,28)/t16?,19-/m0/s1. The molecule has 0 amide bonds. The normalized spacial score (nSPS) is 17.1. The van der Waals surface area contributed by atoms with Crippen LogP contribution in [0.5, 0.6) is 5.75 Å². The third-order valence-corrected chi connectivity index (χ3v) is 6.55. The van der Waals surface area contributed by atoms with Gasteiger partial charge in [-0.05, 0) is 72.7 Å². The summed E-state index contributed by atoms with van der Waals surface area (Å²) < 4.78 is 7.08. The van der Waals surface area contributed by atoms with Crippen LogP contribution < -0.4 is 15.8 Å². The first-order chi connectivity index (χ1) is 14.5. The van der Waals surface area contributed by atoms with Gasteiger partial charge in [-0.15, -0.1) is 11.3 Å². The number of aliphatic carboxylic acids is 1. The molecular weight excluding hydrogens is 398 g/mol. The Morgan fingerprint density at radius 2 is 2.07 bits per heavy atom. The van der Waals surface area contributed by atoms with Gasteiger partial charge >= 0.3 is 5.97 Å². The molecule has 0 bridgehead atoms. The maximum absolute atomic E-state index is 11.5. The number of benzene rings is 2. The summed E-state index contributed by atoms with van der Waals surface area (Å²) in [6.07, 6.45) is 1.91. The number of ether oxygens (including phenoxy) is 1. The Bertz CT molecular complexity index is 1060. The van der Waals surface area contributed by atoms with E-state index in [1.165, 1.54) is 0 Å². The summed E-state index contributed by atoms with van der Waals surface area (Å²) >= 11 is 1.66. The van der Waals surface area contributed by atoms with Gasteiger partial charge in [0.1, 0.15) is 17.7 Å². The van der Waals surface area contributed by atoms with E-state index in [0.29, 0.717) is 12.0 Å². The monoisotopic (exact) mass is 423 g/mol. The van der Waals surface area contributed by atoms with Gasteiger partial charge in [-0.2, -0.15) is 0 Å². The molecule has 1 aromatic heterocycles. The van der Waals surface area contributed by atoms with Crippen LogP contribution in [0, 0.1) is 5.41 Å². The minimum absolute atomic E-state index is 0.0455. The molecule has 4 rings (SSSR count). The average molecular weight is 424 g/mol. The average Bonchev–Trinajstić information content (AvgIpc) is 3.36. The van der Waals surface area contributed by atoms with Crippen molar-refractivity contribution in [3.05, 3.63) is 64.5 Å². The number of carboxylic acid groups (broad SMARTS) is 1. The highest BCUT2D eigenvalue weighted by molar-refractivity contribution is 7.19. The number of hydrogen-bond donors (Lipinski definition) is 4. The molecule has 0 radical (unpaired) electrons. The van der Waals surface area contributed by atoms with E-state index >= 15 is 0 Å². The molecule has 3 aromatic rings. The number of carbonyl (C=O) groups is 1. The molecule has 156 valence electrons. The molecule has 5 N–H and O–H groups in total. The molecular formula is C23H25N3O3S. The highest BCUT2D eigenvalue weighted by Gasteiger charge is 2.19. The second-order valence-corrected chi connectivity index (χ2v) is 8.85. The smallest absolute Gasteiger partial charge is 0.303 e. The first kappa shape index (κ1) is 20.4. The van der Waals surface area contributed by atoms with E-state index in [-0.39, 0.29) is 24.3 Å². The quantitative estimate of drug-likeness (QED) is 0.326. The summed E-state index contributed by atoms with van der Waals surface area (Å²) in [5, 5.41) is 21.4. The van der Waals surface area contributed by atoms with Crippen molar-refractivity contribution in [3.63, 3.8) is 0 Å². The van der Waals surface area contributed by atoms with Crippen molar-refractivity contribution in [2.45, 2.75) is 31.3 Å². The second kappa shape index (κ2) is 8.85. The van der Waals surface area contributed by atoms with Crippen LogP contribution in [0.1, 0.15) is 34.8 Å². The van der Waals surface area contributed by atoms with Crippen molar-refractivity contribution in [2.75, 3.05) is 13.1 Å². The van der Waals surface area contributed by atoms with Gasteiger partial charge in [-0.3, -0.25) is 10.2 Å². The predicted molar refractivity (Wildman–Crippen MR) is 120 cm³/mol. The Hall–Kier alpha value is -2.90. The fraction of sp³-hybridized carbons (Fsp3) is 0.304. The lowest BCUT2D eigenvalue weighted by atomic mass is 9.91. The molecule has 1 aliphatic rings. The van der Waals surface area contributed by atoms with E-state index in [1.807, 2.05) is 42.5 Å². The van der Waals surface area contributed by atoms with Crippen LogP contribution in [0.25, 0.3) is 10.1 Å². The Morgan fingerprint density at radius 3 is 2.73 bits per heavy atom. The van der Waals surface area contributed by atoms with E-state index in [1.54, 1.807) is 11.3 Å². The van der Waals surface area contributed by atoms with Gasteiger partial charge in [0.2, 0.25) is 0 Å². The highest BCUT2D eigenvalue weighted by atomic mass is 32.1. The maximum Gasteiger partial charge on any atom is 0.303 e. The van der Waals surface area contributed by atoms with Crippen LogP contribution in [0.2, 0.25) is 0 Å². The highest BCUT2D eigenvalue weighted by Crippen LogP contribution is 2.33. The summed E-state index contributed by atoms with van der Waals surface area (Å²) in [6.45, 7) is 1.84. The minimum atomic E-state index is -0.808. The zero-order valence-electron chi connectivity index (χ0n) is 16.6. The Kier molecular flexibility index (Phi) is 6.01. The maximum atomic E-state index is 11.5. The topological polar surface area (TPSA) is 108 Å². The Morgan fingerprint density at radius 1 is 1.27 bits per heavy atom. The van der Waals surface area contributed by atoms with Crippen LogP contribution in [-0.4, -0.2) is 36.1 Å². The number of thiophene rings is 1. The molecule has 2 heterocycles. The molecule has 1 aliphatic heterocycles. The van der Waals surface area contributed by atoms with Crippen molar-refractivity contribution in [1.82, 2.24) is 5.32 Å². The number of hydrogen-bond acceptors (Lipinski definition) is 5. The molecule has 1 saturated heterocycles. The van der Waals surface area contributed by atoms with Gasteiger partial charge in [0.15, 0.2) is 0 Å². The van der Waals surface area contributed by atoms with Crippen LogP contribution >= 0.6 is 11.3 Å². The van der Waals surface area contributed by atoms with Crippen LogP contribution in [0.15, 0.2) is 48.5 Å². The van der Waals surface area contributed by atoms with Crippen LogP contribution in [0.3, 0.4) is 0 Å². The lowest BCUT2D eigenvalue weighted by Crippen LogP contribution is -2.19. The van der Waals surface area contributed by atoms with Gasteiger partial charge < -0.3 is 20.9 Å². The zero-order chi connectivity index (χ0) is 21.1. The molecule has 30 heavy (non-hydrogen) atoms. The predicted octanol–water partition coefficient (Wildman–Crippen LogP) is 3.73. The minimum Gasteiger partial charge on any atom is -0.489 e. The van der Waals surface area contributed by atoms with Crippen molar-refractivity contribution < 1.29 is 14.6 Å². The third-order valence-electron chi connectivity index (χ3n) is 5.42. The first-order valence-electron chi connectivity index (χ1n) is 10.0. The van der Waals surface area contributed by atoms with E-state index in [2.05, 4.69) is 11.4 Å². The summed E-state index contributed by atoms with van der Waals surface area (Å²) in [5.74, 6) is -0.0633. The largest absolute Gasteiger partial charge is 0.489 e. The fourth-order valence-electron chi connectivity index (χ4n) is 3.87. The van der Waals surface area contributed by atoms with Crippen molar-refractivity contribution in [2.24, 2.45) is 5.73 Å². The lowest BCUT2D eigenvalue weighted by molar-refractivity contribution is -0.137. The van der Waals surface area contributed by atoms with Crippen molar-refractivity contribution >= 4 is 33.2 Å².